The van der Waals surface area contributed by atoms with Crippen LogP contribution in [0.4, 0.5) is 10.5 Å². The number of hydrogen-bond donors (Lipinski definition) is 3. The van der Waals surface area contributed by atoms with Crippen LogP contribution in [0.3, 0.4) is 0 Å². The Morgan fingerprint density at radius 2 is 2.44 bits per heavy atom. The van der Waals surface area contributed by atoms with Crippen LogP contribution in [-0.4, -0.2) is 43.8 Å². The van der Waals surface area contributed by atoms with E-state index in [1.54, 1.807) is 0 Å². The molecule has 0 saturated carbocycles. The summed E-state index contributed by atoms with van der Waals surface area (Å²) in [7, 11) is 0. The average Bonchev–Trinajstić information content (AvgIpc) is 2.87. The number of carboxylic acid groups (broad SMARTS) is 1. The van der Waals surface area contributed by atoms with Gasteiger partial charge in [-0.2, -0.15) is 5.10 Å². The van der Waals surface area contributed by atoms with Crippen molar-refractivity contribution in [3.8, 4) is 0 Å². The predicted molar refractivity (Wildman–Crippen MR) is 63.3 cm³/mol. The molecule has 9 heteroatoms. The maximum Gasteiger partial charge on any atom is 0.325 e. The van der Waals surface area contributed by atoms with Crippen LogP contribution in [0.1, 0.15) is 0 Å². The highest BCUT2D eigenvalue weighted by atomic mass is 32.2. The van der Waals surface area contributed by atoms with Crippen LogP contribution in [0.25, 0.3) is 0 Å². The molecular formula is C9H10N4O4S. The molecule has 2 heterocycles. The largest absolute Gasteiger partial charge is 0.480 e. The van der Waals surface area contributed by atoms with Crippen molar-refractivity contribution >= 4 is 34.6 Å². The van der Waals surface area contributed by atoms with Crippen molar-refractivity contribution < 1.29 is 19.5 Å². The van der Waals surface area contributed by atoms with Gasteiger partial charge in [-0.1, -0.05) is 11.8 Å². The smallest absolute Gasteiger partial charge is 0.325 e. The minimum absolute atomic E-state index is 0.225. The molecule has 0 aliphatic carbocycles. The van der Waals surface area contributed by atoms with Gasteiger partial charge in [-0.25, -0.2) is 0 Å². The summed E-state index contributed by atoms with van der Waals surface area (Å²) in [6, 6.07) is -0.565. The Morgan fingerprint density at radius 3 is 3.06 bits per heavy atom. The van der Waals surface area contributed by atoms with Gasteiger partial charge in [0.2, 0.25) is 5.91 Å². The molecule has 18 heavy (non-hydrogen) atoms. The number of aliphatic carboxylic acids is 1. The second-order valence-corrected chi connectivity index (χ2v) is 4.60. The third kappa shape index (κ3) is 3.00. The van der Waals surface area contributed by atoms with Crippen LogP contribution in [0, 0.1) is 0 Å². The van der Waals surface area contributed by atoms with Crippen LogP contribution in [0.5, 0.6) is 0 Å². The third-order valence-electron chi connectivity index (χ3n) is 2.19. The van der Waals surface area contributed by atoms with Gasteiger partial charge in [0.1, 0.15) is 12.6 Å². The van der Waals surface area contributed by atoms with E-state index < -0.39 is 12.0 Å². The van der Waals surface area contributed by atoms with Crippen molar-refractivity contribution in [3.05, 3.63) is 12.4 Å². The predicted octanol–water partition coefficient (Wildman–Crippen LogP) is -0.269. The fraction of sp³-hybridized carbons (Fsp3) is 0.333. The van der Waals surface area contributed by atoms with Gasteiger partial charge in [-0.15, -0.1) is 0 Å². The summed E-state index contributed by atoms with van der Waals surface area (Å²) < 4.78 is 1.19. The zero-order chi connectivity index (χ0) is 13.1. The van der Waals surface area contributed by atoms with E-state index in [4.69, 9.17) is 5.11 Å². The fourth-order valence-electron chi connectivity index (χ4n) is 1.41. The fourth-order valence-corrected chi connectivity index (χ4v) is 2.19. The second kappa shape index (κ2) is 5.08. The summed E-state index contributed by atoms with van der Waals surface area (Å²) >= 11 is 1.05. The number of carbonyl (C=O) groups is 3. The molecule has 8 nitrogen and oxygen atoms in total. The highest BCUT2D eigenvalue weighted by Crippen LogP contribution is 2.14. The van der Waals surface area contributed by atoms with Gasteiger partial charge >= 0.3 is 5.97 Å². The van der Waals surface area contributed by atoms with Gasteiger partial charge < -0.3 is 15.7 Å². The molecule has 0 radical (unpaired) electrons. The van der Waals surface area contributed by atoms with Gasteiger partial charge in [0.05, 0.1) is 11.9 Å². The molecule has 1 fully saturated rings. The summed E-state index contributed by atoms with van der Waals surface area (Å²) in [5, 5.41) is 17.2. The number of hydrogen-bond acceptors (Lipinski definition) is 5. The number of nitrogens with zero attached hydrogens (tertiary/aromatic N) is 2. The Morgan fingerprint density at radius 1 is 1.67 bits per heavy atom. The summed E-state index contributed by atoms with van der Waals surface area (Å²) in [5.41, 5.74) is 0.396. The molecule has 1 atom stereocenters. The molecule has 96 valence electrons. The average molecular weight is 270 g/mol. The van der Waals surface area contributed by atoms with E-state index in [1.165, 1.54) is 17.1 Å². The highest BCUT2D eigenvalue weighted by Gasteiger charge is 2.28. The summed E-state index contributed by atoms with van der Waals surface area (Å²) in [6.45, 7) is -0.272. The molecule has 1 saturated heterocycles. The van der Waals surface area contributed by atoms with Gasteiger partial charge in [0.25, 0.3) is 5.24 Å². The molecule has 1 aromatic rings. The van der Waals surface area contributed by atoms with Crippen molar-refractivity contribution in [2.75, 3.05) is 11.1 Å². The van der Waals surface area contributed by atoms with Crippen LogP contribution in [0.15, 0.2) is 12.4 Å². The standard InChI is InChI=1S/C9H10N4O4S/c14-7(15)3-13-2-5(1-10-13)11-8(16)6-4-18-9(17)12-6/h1-2,6H,3-4H2,(H,11,16)(H,12,17)(H,14,15). The molecule has 1 aliphatic rings. The van der Waals surface area contributed by atoms with E-state index in [9.17, 15) is 14.4 Å². The van der Waals surface area contributed by atoms with E-state index in [0.29, 0.717) is 11.4 Å². The number of nitrogens with one attached hydrogen (secondary N) is 2. The van der Waals surface area contributed by atoms with Gasteiger partial charge in [0, 0.05) is 11.9 Å². The van der Waals surface area contributed by atoms with Crippen LogP contribution in [0.2, 0.25) is 0 Å². The first-order valence-corrected chi connectivity index (χ1v) is 6.01. The first-order chi connectivity index (χ1) is 8.54. The number of rotatable bonds is 4. The Hall–Kier alpha value is -2.03. The van der Waals surface area contributed by atoms with Crippen molar-refractivity contribution in [1.82, 2.24) is 15.1 Å². The highest BCUT2D eigenvalue weighted by molar-refractivity contribution is 8.14. The minimum atomic E-state index is -1.02. The lowest BCUT2D eigenvalue weighted by molar-refractivity contribution is -0.137. The van der Waals surface area contributed by atoms with Crippen LogP contribution in [-0.2, 0) is 16.1 Å². The van der Waals surface area contributed by atoms with Crippen LogP contribution >= 0.6 is 11.8 Å². The SMILES string of the molecule is O=C(O)Cn1cc(NC(=O)C2CSC(=O)N2)cn1. The lowest BCUT2D eigenvalue weighted by atomic mass is 10.3. The zero-order valence-corrected chi connectivity index (χ0v) is 9.94. The molecule has 3 N–H and O–H groups in total. The maximum absolute atomic E-state index is 11.7. The molecule has 0 bridgehead atoms. The molecular weight excluding hydrogens is 260 g/mol. The first-order valence-electron chi connectivity index (χ1n) is 5.03. The number of thioether (sulfide) groups is 1. The van der Waals surface area contributed by atoms with Gasteiger partial charge in [-0.3, -0.25) is 19.1 Å². The summed E-state index contributed by atoms with van der Waals surface area (Å²) in [5.74, 6) is -0.979. The van der Waals surface area contributed by atoms with Crippen molar-refractivity contribution in [2.45, 2.75) is 12.6 Å². The number of aromatic nitrogens is 2. The summed E-state index contributed by atoms with van der Waals surface area (Å²) in [6.07, 6.45) is 2.76. The molecule has 0 spiro atoms. The number of amides is 2. The van der Waals surface area contributed by atoms with Crippen molar-refractivity contribution in [2.24, 2.45) is 0 Å². The van der Waals surface area contributed by atoms with Gasteiger partial charge in [-0.05, 0) is 0 Å². The van der Waals surface area contributed by atoms with Crippen molar-refractivity contribution in [3.63, 3.8) is 0 Å². The maximum atomic E-state index is 11.7. The Balaban J connectivity index is 1.93. The van der Waals surface area contributed by atoms with Crippen molar-refractivity contribution in [1.29, 1.82) is 0 Å². The Bertz CT molecular complexity index is 501. The van der Waals surface area contributed by atoms with E-state index >= 15 is 0 Å². The number of anilines is 1. The zero-order valence-electron chi connectivity index (χ0n) is 9.12. The number of carbonyl (C=O) groups excluding carboxylic acids is 2. The Labute approximate surface area is 106 Å². The molecule has 1 aliphatic heterocycles. The topological polar surface area (TPSA) is 113 Å². The lowest BCUT2D eigenvalue weighted by Crippen LogP contribution is -2.38. The Kier molecular flexibility index (Phi) is 3.51. The van der Waals surface area contributed by atoms with E-state index in [0.717, 1.165) is 11.8 Å². The van der Waals surface area contributed by atoms with Crippen LogP contribution < -0.4 is 10.6 Å². The molecule has 2 rings (SSSR count). The second-order valence-electron chi connectivity index (χ2n) is 3.60. The lowest BCUT2D eigenvalue weighted by Gasteiger charge is -2.07. The monoisotopic (exact) mass is 270 g/mol. The van der Waals surface area contributed by atoms with E-state index in [-0.39, 0.29) is 17.7 Å². The van der Waals surface area contributed by atoms with E-state index in [2.05, 4.69) is 15.7 Å². The first kappa shape index (κ1) is 12.4. The molecule has 1 aromatic heterocycles. The minimum Gasteiger partial charge on any atom is -0.480 e. The third-order valence-corrected chi connectivity index (χ3v) is 3.07. The molecule has 0 aromatic carbocycles. The summed E-state index contributed by atoms with van der Waals surface area (Å²) in [4.78, 5) is 33.1. The van der Waals surface area contributed by atoms with E-state index in [1.807, 2.05) is 0 Å². The normalized spacial score (nSPS) is 18.4. The molecule has 2 amide bonds. The molecule has 1 unspecified atom stereocenters. The number of carboxylic acids is 1. The quantitative estimate of drug-likeness (QED) is 0.694. The van der Waals surface area contributed by atoms with Gasteiger partial charge in [0.15, 0.2) is 0 Å².